The molecule has 0 bridgehead atoms. The van der Waals surface area contributed by atoms with Crippen LogP contribution < -0.4 is 21.7 Å². The molecule has 186 valence electrons. The third-order valence-electron chi connectivity index (χ3n) is 6.87. The maximum atomic E-state index is 13.0. The largest absolute Gasteiger partial charge is 0.457 e. The first-order valence-electron chi connectivity index (χ1n) is 12.3. The van der Waals surface area contributed by atoms with Crippen LogP contribution in [0.1, 0.15) is 47.8 Å². The topological polar surface area (TPSA) is 116 Å². The highest BCUT2D eigenvalue weighted by Gasteiger charge is 2.37. The lowest BCUT2D eigenvalue weighted by molar-refractivity contribution is -0.134. The Labute approximate surface area is 210 Å². The molecule has 2 aromatic carbocycles. The number of amides is 2. The predicted octanol–water partition coefficient (Wildman–Crippen LogP) is 4.05. The summed E-state index contributed by atoms with van der Waals surface area (Å²) >= 11 is 0. The average molecular weight is 486 g/mol. The van der Waals surface area contributed by atoms with Crippen LogP contribution in [-0.4, -0.2) is 34.4 Å². The van der Waals surface area contributed by atoms with Crippen LogP contribution in [0.5, 0.6) is 11.5 Å². The van der Waals surface area contributed by atoms with Crippen LogP contribution in [0.25, 0.3) is 16.8 Å². The molecule has 8 heteroatoms. The van der Waals surface area contributed by atoms with Gasteiger partial charge in [-0.2, -0.15) is 0 Å². The van der Waals surface area contributed by atoms with Gasteiger partial charge in [-0.1, -0.05) is 36.9 Å². The number of likely N-dealkylation sites (tertiary alicyclic amines) is 1. The van der Waals surface area contributed by atoms with E-state index in [9.17, 15) is 9.59 Å². The van der Waals surface area contributed by atoms with E-state index in [-0.39, 0.29) is 23.6 Å². The summed E-state index contributed by atoms with van der Waals surface area (Å²) in [6, 6.07) is 17.1. The molecule has 36 heavy (non-hydrogen) atoms. The number of nitrogens with zero attached hydrogens (tertiary/aromatic N) is 2. The average Bonchev–Trinajstić information content (AvgIpc) is 3.68. The van der Waals surface area contributed by atoms with Crippen LogP contribution in [0.15, 0.2) is 67.4 Å². The fourth-order valence-corrected chi connectivity index (χ4v) is 4.95. The van der Waals surface area contributed by atoms with E-state index in [1.54, 1.807) is 0 Å². The minimum absolute atomic E-state index is 0.0683. The van der Waals surface area contributed by atoms with Gasteiger partial charge in [0.15, 0.2) is 0 Å². The molecule has 1 aromatic heterocycles. The molecule has 2 fully saturated rings. The molecular formula is C28H31N5O3. The Balaban J connectivity index is 1.50. The van der Waals surface area contributed by atoms with E-state index in [0.717, 1.165) is 49.1 Å². The zero-order valence-electron chi connectivity index (χ0n) is 20.2. The van der Waals surface area contributed by atoms with Gasteiger partial charge in [-0.15, -0.1) is 0 Å². The lowest BCUT2D eigenvalue weighted by atomic mass is 10.0. The number of nitrogen functional groups attached to an aromatic ring is 1. The molecule has 1 saturated heterocycles. The molecule has 1 aliphatic heterocycles. The van der Waals surface area contributed by atoms with Crippen LogP contribution in [0, 0.1) is 5.92 Å². The van der Waals surface area contributed by atoms with E-state index in [1.807, 2.05) is 70.3 Å². The van der Waals surface area contributed by atoms with Crippen LogP contribution in [0.2, 0.25) is 0 Å². The summed E-state index contributed by atoms with van der Waals surface area (Å²) in [6.07, 6.45) is 5.57. The quantitative estimate of drug-likeness (QED) is 0.265. The number of nitrogens with one attached hydrogen (secondary N) is 1. The smallest absolute Gasteiger partial charge is 0.282 e. The number of piperidine rings is 1. The molecule has 5 N–H and O–H groups in total. The molecule has 2 amide bonds. The molecule has 1 atom stereocenters. The standard InChI is InChI=1S/C28H31N5O3/c1-18(29)25-24(19-11-13-23(14-12-19)36-22-7-3-2-4-8-22)17-33(26(25)27(34)31-30)21-6-5-15-32(16-21)28(35)20-9-10-20/h2-4,7-8,11-14,17,20-21H,1,5-6,9-10,15-16,29-30H2,(H,31,34)/t21-/m1/s1. The van der Waals surface area contributed by atoms with E-state index in [4.69, 9.17) is 16.3 Å². The second-order valence-corrected chi connectivity index (χ2v) is 9.47. The van der Waals surface area contributed by atoms with Gasteiger partial charge < -0.3 is 19.9 Å². The van der Waals surface area contributed by atoms with Crippen molar-refractivity contribution in [3.8, 4) is 22.6 Å². The molecule has 0 spiro atoms. The minimum Gasteiger partial charge on any atom is -0.457 e. The summed E-state index contributed by atoms with van der Waals surface area (Å²) < 4.78 is 7.84. The minimum atomic E-state index is -0.447. The molecule has 1 saturated carbocycles. The number of hydrogen-bond donors (Lipinski definition) is 3. The second kappa shape index (κ2) is 9.91. The summed E-state index contributed by atoms with van der Waals surface area (Å²) in [7, 11) is 0. The molecule has 0 unspecified atom stereocenters. The normalized spacial score (nSPS) is 17.5. The summed E-state index contributed by atoms with van der Waals surface area (Å²) in [5.74, 6) is 6.94. The van der Waals surface area contributed by atoms with Crippen molar-refractivity contribution in [3.05, 3.63) is 78.6 Å². The van der Waals surface area contributed by atoms with Gasteiger partial charge in [0.1, 0.15) is 17.2 Å². The van der Waals surface area contributed by atoms with Gasteiger partial charge in [-0.05, 0) is 55.5 Å². The summed E-state index contributed by atoms with van der Waals surface area (Å²) in [6.45, 7) is 5.25. The van der Waals surface area contributed by atoms with Gasteiger partial charge >= 0.3 is 0 Å². The van der Waals surface area contributed by atoms with E-state index >= 15 is 0 Å². The van der Waals surface area contributed by atoms with Crippen LogP contribution in [-0.2, 0) is 4.79 Å². The van der Waals surface area contributed by atoms with Gasteiger partial charge in [0.2, 0.25) is 5.91 Å². The molecule has 0 radical (unpaired) electrons. The van der Waals surface area contributed by atoms with Crippen molar-refractivity contribution >= 4 is 17.5 Å². The number of benzene rings is 2. The first-order chi connectivity index (χ1) is 17.5. The van der Waals surface area contributed by atoms with Crippen molar-refractivity contribution in [2.24, 2.45) is 17.5 Å². The van der Waals surface area contributed by atoms with E-state index in [1.165, 1.54) is 0 Å². The van der Waals surface area contributed by atoms with Crippen LogP contribution >= 0.6 is 0 Å². The first kappa shape index (κ1) is 23.7. The number of carbonyl (C=O) groups is 2. The number of carbonyl (C=O) groups excluding carboxylic acids is 2. The third-order valence-corrected chi connectivity index (χ3v) is 6.87. The molecule has 2 aliphatic rings. The second-order valence-electron chi connectivity index (χ2n) is 9.47. The SMILES string of the molecule is C=C(N)c1c(-c2ccc(Oc3ccccc3)cc2)cn([C@@H]2CCCN(C(=O)C3CC3)C2)c1C(=O)NN. The Morgan fingerprint density at radius 2 is 1.69 bits per heavy atom. The lowest BCUT2D eigenvalue weighted by Crippen LogP contribution is -2.42. The summed E-state index contributed by atoms with van der Waals surface area (Å²) in [4.78, 5) is 27.7. The molecule has 2 heterocycles. The Morgan fingerprint density at radius 3 is 2.33 bits per heavy atom. The molecular weight excluding hydrogens is 454 g/mol. The molecule has 3 aromatic rings. The fourth-order valence-electron chi connectivity index (χ4n) is 4.95. The Kier molecular flexibility index (Phi) is 6.52. The number of para-hydroxylation sites is 1. The van der Waals surface area contributed by atoms with Crippen molar-refractivity contribution in [2.75, 3.05) is 13.1 Å². The van der Waals surface area contributed by atoms with E-state index in [0.29, 0.717) is 23.6 Å². The van der Waals surface area contributed by atoms with Gasteiger partial charge in [-0.3, -0.25) is 15.0 Å². The lowest BCUT2D eigenvalue weighted by Gasteiger charge is -2.34. The predicted molar refractivity (Wildman–Crippen MR) is 139 cm³/mol. The van der Waals surface area contributed by atoms with Crippen molar-refractivity contribution in [1.29, 1.82) is 0 Å². The maximum Gasteiger partial charge on any atom is 0.282 e. The zero-order chi connectivity index (χ0) is 25.2. The van der Waals surface area contributed by atoms with E-state index < -0.39 is 5.91 Å². The van der Waals surface area contributed by atoms with Crippen LogP contribution in [0.3, 0.4) is 0 Å². The Bertz CT molecular complexity index is 1280. The monoisotopic (exact) mass is 485 g/mol. The summed E-state index contributed by atoms with van der Waals surface area (Å²) in [5, 5.41) is 0. The van der Waals surface area contributed by atoms with Crippen molar-refractivity contribution in [3.63, 3.8) is 0 Å². The van der Waals surface area contributed by atoms with Gasteiger partial charge in [0.25, 0.3) is 5.91 Å². The van der Waals surface area contributed by atoms with Crippen molar-refractivity contribution in [1.82, 2.24) is 14.9 Å². The highest BCUT2D eigenvalue weighted by atomic mass is 16.5. The maximum absolute atomic E-state index is 13.0. The highest BCUT2D eigenvalue weighted by Crippen LogP contribution is 2.38. The van der Waals surface area contributed by atoms with Gasteiger partial charge in [-0.25, -0.2) is 5.84 Å². The third kappa shape index (κ3) is 4.72. The highest BCUT2D eigenvalue weighted by molar-refractivity contribution is 6.01. The molecule has 8 nitrogen and oxygen atoms in total. The number of hydrazine groups is 1. The number of hydrogen-bond acceptors (Lipinski definition) is 5. The van der Waals surface area contributed by atoms with E-state index in [2.05, 4.69) is 12.0 Å². The Morgan fingerprint density at radius 1 is 1.00 bits per heavy atom. The first-order valence-corrected chi connectivity index (χ1v) is 12.3. The number of rotatable bonds is 7. The molecule has 1 aliphatic carbocycles. The Hall–Kier alpha value is -4.04. The number of ether oxygens (including phenoxy) is 1. The van der Waals surface area contributed by atoms with Gasteiger partial charge in [0, 0.05) is 42.0 Å². The number of aromatic nitrogens is 1. The van der Waals surface area contributed by atoms with Crippen LogP contribution in [0.4, 0.5) is 0 Å². The van der Waals surface area contributed by atoms with Crippen molar-refractivity contribution in [2.45, 2.75) is 31.7 Å². The molecule has 5 rings (SSSR count). The van der Waals surface area contributed by atoms with Gasteiger partial charge in [0.05, 0.1) is 6.04 Å². The number of nitrogens with two attached hydrogens (primary N) is 2. The summed E-state index contributed by atoms with van der Waals surface area (Å²) in [5.41, 5.74) is 11.3. The zero-order valence-corrected chi connectivity index (χ0v) is 20.2. The van der Waals surface area contributed by atoms with Crippen molar-refractivity contribution < 1.29 is 14.3 Å². The fraction of sp³-hybridized carbons (Fsp3) is 0.286.